The third-order valence-electron chi connectivity index (χ3n) is 2.93. The van der Waals surface area contributed by atoms with E-state index >= 15 is 0 Å². The maximum Gasteiger partial charge on any atom is 0.251 e. The molecule has 2 nitrogen and oxygen atoms in total. The quantitative estimate of drug-likeness (QED) is 0.841. The molecule has 2 aromatic carbocycles. The molecule has 2 aromatic rings. The van der Waals surface area contributed by atoms with Crippen molar-refractivity contribution >= 4 is 17.5 Å². The first kappa shape index (κ1) is 14.5. The molecular formula is C16H15ClFNO. The molecule has 0 fully saturated rings. The predicted octanol–water partition coefficient (Wildman–Crippen LogP) is 3.41. The van der Waals surface area contributed by atoms with Crippen molar-refractivity contribution in [1.29, 1.82) is 0 Å². The van der Waals surface area contributed by atoms with Crippen LogP contribution in [0, 0.1) is 5.82 Å². The zero-order valence-corrected chi connectivity index (χ0v) is 11.6. The SMILES string of the molecule is O=C(N[C@H](CCl)Cc1ccccc1)c1cccc(F)c1. The second kappa shape index (κ2) is 7.06. The topological polar surface area (TPSA) is 29.1 Å². The third-order valence-corrected chi connectivity index (χ3v) is 3.31. The molecule has 0 spiro atoms. The van der Waals surface area contributed by atoms with E-state index in [9.17, 15) is 9.18 Å². The summed E-state index contributed by atoms with van der Waals surface area (Å²) in [5, 5.41) is 2.82. The Labute approximate surface area is 122 Å². The minimum absolute atomic E-state index is 0.185. The summed E-state index contributed by atoms with van der Waals surface area (Å²) in [5.41, 5.74) is 1.39. The highest BCUT2D eigenvalue weighted by Crippen LogP contribution is 2.07. The first-order valence-corrected chi connectivity index (χ1v) is 6.89. The molecule has 0 heterocycles. The second-order valence-electron chi connectivity index (χ2n) is 4.52. The van der Waals surface area contributed by atoms with Crippen LogP contribution in [-0.4, -0.2) is 17.8 Å². The van der Waals surface area contributed by atoms with Crippen LogP contribution in [0.15, 0.2) is 54.6 Å². The molecule has 0 saturated heterocycles. The normalized spacial score (nSPS) is 11.9. The lowest BCUT2D eigenvalue weighted by Crippen LogP contribution is -2.37. The molecule has 0 aliphatic rings. The van der Waals surface area contributed by atoms with E-state index in [1.165, 1.54) is 18.2 Å². The molecule has 1 amide bonds. The van der Waals surface area contributed by atoms with Crippen molar-refractivity contribution in [2.45, 2.75) is 12.5 Å². The van der Waals surface area contributed by atoms with E-state index in [-0.39, 0.29) is 11.9 Å². The van der Waals surface area contributed by atoms with Gasteiger partial charge in [0.25, 0.3) is 5.91 Å². The van der Waals surface area contributed by atoms with Gasteiger partial charge in [-0.1, -0.05) is 36.4 Å². The van der Waals surface area contributed by atoms with Gasteiger partial charge in [-0.05, 0) is 30.2 Å². The number of hydrogen-bond acceptors (Lipinski definition) is 1. The van der Waals surface area contributed by atoms with E-state index in [0.717, 1.165) is 5.56 Å². The van der Waals surface area contributed by atoms with E-state index in [4.69, 9.17) is 11.6 Å². The molecule has 4 heteroatoms. The molecule has 0 bridgehead atoms. The Morgan fingerprint density at radius 3 is 2.55 bits per heavy atom. The summed E-state index contributed by atoms with van der Waals surface area (Å²) in [6, 6.07) is 15.2. The first-order chi connectivity index (χ1) is 9.69. The number of alkyl halides is 1. The monoisotopic (exact) mass is 291 g/mol. The lowest BCUT2D eigenvalue weighted by Gasteiger charge is -2.16. The number of hydrogen-bond donors (Lipinski definition) is 1. The van der Waals surface area contributed by atoms with Crippen LogP contribution in [-0.2, 0) is 6.42 Å². The van der Waals surface area contributed by atoms with Crippen molar-refractivity contribution in [2.75, 3.05) is 5.88 Å². The summed E-state index contributed by atoms with van der Waals surface area (Å²) in [5.74, 6) is -0.440. The van der Waals surface area contributed by atoms with Crippen molar-refractivity contribution < 1.29 is 9.18 Å². The molecule has 1 atom stereocenters. The standard InChI is InChI=1S/C16H15ClFNO/c17-11-15(9-12-5-2-1-3-6-12)19-16(20)13-7-4-8-14(18)10-13/h1-8,10,15H,9,11H2,(H,19,20)/t15-/m0/s1. The molecule has 0 aliphatic heterocycles. The Bertz CT molecular complexity index is 574. The lowest BCUT2D eigenvalue weighted by atomic mass is 10.1. The van der Waals surface area contributed by atoms with E-state index < -0.39 is 5.82 Å². The van der Waals surface area contributed by atoms with Gasteiger partial charge >= 0.3 is 0 Å². The molecule has 0 unspecified atom stereocenters. The fourth-order valence-electron chi connectivity index (χ4n) is 1.94. The molecular weight excluding hydrogens is 277 g/mol. The van der Waals surface area contributed by atoms with Gasteiger partial charge in [-0.25, -0.2) is 4.39 Å². The number of amides is 1. The van der Waals surface area contributed by atoms with Crippen LogP contribution in [0.25, 0.3) is 0 Å². The smallest absolute Gasteiger partial charge is 0.251 e. The van der Waals surface area contributed by atoms with Crippen molar-refractivity contribution in [1.82, 2.24) is 5.32 Å². The van der Waals surface area contributed by atoms with Crippen LogP contribution in [0.3, 0.4) is 0 Å². The summed E-state index contributed by atoms with van der Waals surface area (Å²) in [6.45, 7) is 0. The fourth-order valence-corrected chi connectivity index (χ4v) is 2.13. The maximum atomic E-state index is 13.1. The molecule has 2 rings (SSSR count). The second-order valence-corrected chi connectivity index (χ2v) is 4.83. The molecule has 0 saturated carbocycles. The fraction of sp³-hybridized carbons (Fsp3) is 0.188. The molecule has 20 heavy (non-hydrogen) atoms. The lowest BCUT2D eigenvalue weighted by molar-refractivity contribution is 0.0940. The van der Waals surface area contributed by atoms with Gasteiger partial charge in [-0.2, -0.15) is 0 Å². The van der Waals surface area contributed by atoms with Crippen LogP contribution >= 0.6 is 11.6 Å². The van der Waals surface area contributed by atoms with Gasteiger partial charge < -0.3 is 5.32 Å². The third kappa shape index (κ3) is 4.07. The number of nitrogens with one attached hydrogen (secondary N) is 1. The van der Waals surface area contributed by atoms with E-state index in [1.54, 1.807) is 6.07 Å². The molecule has 0 radical (unpaired) electrons. The molecule has 1 N–H and O–H groups in total. The summed E-state index contributed by atoms with van der Waals surface area (Å²) >= 11 is 5.89. The van der Waals surface area contributed by atoms with Crippen LogP contribution in [0.1, 0.15) is 15.9 Å². The van der Waals surface area contributed by atoms with Crippen molar-refractivity contribution in [3.05, 3.63) is 71.5 Å². The van der Waals surface area contributed by atoms with Gasteiger partial charge in [0.15, 0.2) is 0 Å². The number of rotatable bonds is 5. The minimum atomic E-state index is -0.428. The number of halogens is 2. The van der Waals surface area contributed by atoms with Gasteiger partial charge in [0.05, 0.1) is 0 Å². The van der Waals surface area contributed by atoms with Crippen LogP contribution in [0.2, 0.25) is 0 Å². The zero-order chi connectivity index (χ0) is 14.4. The van der Waals surface area contributed by atoms with Crippen molar-refractivity contribution in [2.24, 2.45) is 0 Å². The van der Waals surface area contributed by atoms with E-state index in [2.05, 4.69) is 5.32 Å². The number of benzene rings is 2. The van der Waals surface area contributed by atoms with Crippen molar-refractivity contribution in [3.63, 3.8) is 0 Å². The Morgan fingerprint density at radius 2 is 1.90 bits per heavy atom. The van der Waals surface area contributed by atoms with Crippen LogP contribution in [0.4, 0.5) is 4.39 Å². The predicted molar refractivity (Wildman–Crippen MR) is 78.5 cm³/mol. The van der Waals surface area contributed by atoms with E-state index in [1.807, 2.05) is 30.3 Å². The Morgan fingerprint density at radius 1 is 1.15 bits per heavy atom. The summed E-state index contributed by atoms with van der Waals surface area (Å²) in [6.07, 6.45) is 0.644. The molecule has 104 valence electrons. The highest BCUT2D eigenvalue weighted by Gasteiger charge is 2.13. The first-order valence-electron chi connectivity index (χ1n) is 6.35. The van der Waals surface area contributed by atoms with Crippen molar-refractivity contribution in [3.8, 4) is 0 Å². The average Bonchev–Trinajstić information content (AvgIpc) is 2.47. The maximum absolute atomic E-state index is 13.1. The van der Waals surface area contributed by atoms with Crippen LogP contribution in [0.5, 0.6) is 0 Å². The van der Waals surface area contributed by atoms with E-state index in [0.29, 0.717) is 17.9 Å². The largest absolute Gasteiger partial charge is 0.348 e. The zero-order valence-electron chi connectivity index (χ0n) is 10.9. The van der Waals surface area contributed by atoms with Gasteiger partial charge in [-0.15, -0.1) is 11.6 Å². The van der Waals surface area contributed by atoms with Crippen LogP contribution < -0.4 is 5.32 Å². The Hall–Kier alpha value is -1.87. The number of carbonyl (C=O) groups is 1. The summed E-state index contributed by atoms with van der Waals surface area (Å²) < 4.78 is 13.1. The summed E-state index contributed by atoms with van der Waals surface area (Å²) in [7, 11) is 0. The van der Waals surface area contributed by atoms with Gasteiger partial charge in [0.2, 0.25) is 0 Å². The summed E-state index contributed by atoms with van der Waals surface area (Å²) in [4.78, 5) is 12.0. The highest BCUT2D eigenvalue weighted by atomic mass is 35.5. The van der Waals surface area contributed by atoms with Gasteiger partial charge in [0, 0.05) is 17.5 Å². The van der Waals surface area contributed by atoms with Gasteiger partial charge in [0.1, 0.15) is 5.82 Å². The minimum Gasteiger partial charge on any atom is -0.348 e. The average molecular weight is 292 g/mol. The van der Waals surface area contributed by atoms with Gasteiger partial charge in [-0.3, -0.25) is 4.79 Å². The number of carbonyl (C=O) groups excluding carboxylic acids is 1. The molecule has 0 aromatic heterocycles. The Balaban J connectivity index is 2.01. The Kier molecular flexibility index (Phi) is 5.13. The highest BCUT2D eigenvalue weighted by molar-refractivity contribution is 6.18. The molecule has 0 aliphatic carbocycles.